The molecule has 0 radical (unpaired) electrons. The standard InChI is InChI=1S/C11H16N2O4S/c1-12(2)18(15,16)10-6-5-9(17-10)11(14)13-7-3-4-8-13/h5-6H,3-4,7-8H2,1-2H3. The molecule has 100 valence electrons. The van der Waals surface area contributed by atoms with Crippen LogP contribution in [0, 0.1) is 0 Å². The smallest absolute Gasteiger partial charge is 0.289 e. The summed E-state index contributed by atoms with van der Waals surface area (Å²) >= 11 is 0. The molecule has 0 spiro atoms. The second-order valence-corrected chi connectivity index (χ2v) is 6.49. The van der Waals surface area contributed by atoms with Gasteiger partial charge in [-0.2, -0.15) is 0 Å². The fraction of sp³-hybridized carbons (Fsp3) is 0.545. The van der Waals surface area contributed by atoms with Gasteiger partial charge >= 0.3 is 0 Å². The maximum atomic E-state index is 12.0. The van der Waals surface area contributed by atoms with Crippen LogP contribution in [0.15, 0.2) is 21.6 Å². The van der Waals surface area contributed by atoms with Crippen molar-refractivity contribution in [1.29, 1.82) is 0 Å². The van der Waals surface area contributed by atoms with Gasteiger partial charge in [0, 0.05) is 27.2 Å². The molecule has 0 atom stereocenters. The summed E-state index contributed by atoms with van der Waals surface area (Å²) in [4.78, 5) is 13.7. The third-order valence-electron chi connectivity index (χ3n) is 2.92. The Hall–Kier alpha value is -1.34. The first-order valence-electron chi connectivity index (χ1n) is 5.74. The molecule has 0 unspecified atom stereocenters. The van der Waals surface area contributed by atoms with Crippen molar-refractivity contribution in [3.8, 4) is 0 Å². The fourth-order valence-electron chi connectivity index (χ4n) is 1.83. The lowest BCUT2D eigenvalue weighted by atomic mass is 10.4. The zero-order chi connectivity index (χ0) is 13.3. The Bertz CT molecular complexity index is 541. The minimum atomic E-state index is -3.62. The Labute approximate surface area is 106 Å². The van der Waals surface area contributed by atoms with E-state index in [1.165, 1.54) is 26.2 Å². The topological polar surface area (TPSA) is 70.8 Å². The van der Waals surface area contributed by atoms with Gasteiger partial charge in [0.05, 0.1) is 0 Å². The first-order chi connectivity index (χ1) is 8.43. The molecule has 1 aromatic rings. The minimum Gasteiger partial charge on any atom is -0.438 e. The van der Waals surface area contributed by atoms with Crippen LogP contribution in [0.1, 0.15) is 23.4 Å². The van der Waals surface area contributed by atoms with E-state index in [1.54, 1.807) is 4.90 Å². The van der Waals surface area contributed by atoms with Crippen molar-refractivity contribution < 1.29 is 17.6 Å². The predicted octanol–water partition coefficient (Wildman–Crippen LogP) is 0.766. The largest absolute Gasteiger partial charge is 0.438 e. The molecule has 0 N–H and O–H groups in total. The Balaban J connectivity index is 2.23. The van der Waals surface area contributed by atoms with Crippen LogP contribution in [0.3, 0.4) is 0 Å². The van der Waals surface area contributed by atoms with E-state index in [2.05, 4.69) is 0 Å². The lowest BCUT2D eigenvalue weighted by Gasteiger charge is -2.13. The molecular formula is C11H16N2O4S. The SMILES string of the molecule is CN(C)S(=O)(=O)c1ccc(C(=O)N2CCCC2)o1. The van der Waals surface area contributed by atoms with Gasteiger partial charge in [-0.05, 0) is 25.0 Å². The van der Waals surface area contributed by atoms with Gasteiger partial charge in [0.1, 0.15) is 0 Å². The van der Waals surface area contributed by atoms with Crippen LogP contribution in [-0.4, -0.2) is 50.7 Å². The molecule has 1 fully saturated rings. The summed E-state index contributed by atoms with van der Waals surface area (Å²) in [5.74, 6) is -0.162. The highest BCUT2D eigenvalue weighted by Gasteiger charge is 2.26. The van der Waals surface area contributed by atoms with Crippen molar-refractivity contribution >= 4 is 15.9 Å². The maximum absolute atomic E-state index is 12.0. The highest BCUT2D eigenvalue weighted by molar-refractivity contribution is 7.88. The van der Waals surface area contributed by atoms with Crippen molar-refractivity contribution in [2.45, 2.75) is 17.9 Å². The monoisotopic (exact) mass is 272 g/mol. The molecule has 0 aliphatic carbocycles. The number of carbonyl (C=O) groups is 1. The Kier molecular flexibility index (Phi) is 3.45. The van der Waals surface area contributed by atoms with Crippen LogP contribution in [-0.2, 0) is 10.0 Å². The van der Waals surface area contributed by atoms with Crippen molar-refractivity contribution in [2.24, 2.45) is 0 Å². The summed E-state index contributed by atoms with van der Waals surface area (Å²) in [6.07, 6.45) is 1.96. The van der Waals surface area contributed by atoms with Crippen molar-refractivity contribution in [3.05, 3.63) is 17.9 Å². The van der Waals surface area contributed by atoms with Crippen molar-refractivity contribution in [1.82, 2.24) is 9.21 Å². The maximum Gasteiger partial charge on any atom is 0.289 e. The van der Waals surface area contributed by atoms with Crippen LogP contribution >= 0.6 is 0 Å². The predicted molar refractivity (Wildman–Crippen MR) is 64.7 cm³/mol. The number of carbonyl (C=O) groups excluding carboxylic acids is 1. The Morgan fingerprint density at radius 3 is 2.44 bits per heavy atom. The van der Waals surface area contributed by atoms with E-state index >= 15 is 0 Å². The normalized spacial score (nSPS) is 16.5. The van der Waals surface area contributed by atoms with E-state index in [9.17, 15) is 13.2 Å². The molecule has 1 aliphatic heterocycles. The Morgan fingerprint density at radius 1 is 1.28 bits per heavy atom. The van der Waals surface area contributed by atoms with Gasteiger partial charge in [-0.25, -0.2) is 12.7 Å². The number of amides is 1. The van der Waals surface area contributed by atoms with Crippen molar-refractivity contribution in [2.75, 3.05) is 27.2 Å². The number of hydrogen-bond donors (Lipinski definition) is 0. The summed E-state index contributed by atoms with van der Waals surface area (Å²) in [7, 11) is -0.784. The molecule has 7 heteroatoms. The zero-order valence-corrected chi connectivity index (χ0v) is 11.2. The van der Waals surface area contributed by atoms with Crippen molar-refractivity contribution in [3.63, 3.8) is 0 Å². The molecule has 0 saturated carbocycles. The molecule has 1 saturated heterocycles. The molecule has 1 aliphatic rings. The van der Waals surface area contributed by atoms with E-state index < -0.39 is 10.0 Å². The molecule has 2 heterocycles. The Morgan fingerprint density at radius 2 is 1.89 bits per heavy atom. The number of rotatable bonds is 3. The lowest BCUT2D eigenvalue weighted by molar-refractivity contribution is 0.0755. The van der Waals surface area contributed by atoms with Crippen LogP contribution in [0.5, 0.6) is 0 Å². The third-order valence-corrected chi connectivity index (χ3v) is 4.61. The summed E-state index contributed by atoms with van der Waals surface area (Å²) in [5, 5.41) is -0.199. The van der Waals surface area contributed by atoms with Crippen LogP contribution < -0.4 is 0 Å². The molecule has 0 bridgehead atoms. The number of sulfonamides is 1. The van der Waals surface area contributed by atoms with Gasteiger partial charge in [0.25, 0.3) is 15.9 Å². The summed E-state index contributed by atoms with van der Waals surface area (Å²) in [6, 6.07) is 2.73. The minimum absolute atomic E-state index is 0.0809. The molecule has 18 heavy (non-hydrogen) atoms. The molecular weight excluding hydrogens is 256 g/mol. The quantitative estimate of drug-likeness (QED) is 0.814. The highest BCUT2D eigenvalue weighted by Crippen LogP contribution is 2.19. The van der Waals surface area contributed by atoms with Gasteiger partial charge in [0.2, 0.25) is 5.09 Å². The van der Waals surface area contributed by atoms with Gasteiger partial charge in [-0.3, -0.25) is 4.79 Å². The second-order valence-electron chi connectivity index (χ2n) is 4.41. The van der Waals surface area contributed by atoms with E-state index in [4.69, 9.17) is 4.42 Å². The average molecular weight is 272 g/mol. The lowest BCUT2D eigenvalue weighted by Crippen LogP contribution is -2.27. The van der Waals surface area contributed by atoms with Gasteiger partial charge < -0.3 is 9.32 Å². The van der Waals surface area contributed by atoms with E-state index in [-0.39, 0.29) is 16.8 Å². The van der Waals surface area contributed by atoms with Crippen LogP contribution in [0.4, 0.5) is 0 Å². The van der Waals surface area contributed by atoms with Crippen LogP contribution in [0.2, 0.25) is 0 Å². The molecule has 0 aromatic carbocycles. The van der Waals surface area contributed by atoms with Gasteiger partial charge in [0.15, 0.2) is 5.76 Å². The third kappa shape index (κ3) is 2.28. The zero-order valence-electron chi connectivity index (χ0n) is 10.4. The van der Waals surface area contributed by atoms with Crippen LogP contribution in [0.25, 0.3) is 0 Å². The number of hydrogen-bond acceptors (Lipinski definition) is 4. The second kappa shape index (κ2) is 4.74. The summed E-state index contributed by atoms with van der Waals surface area (Å²) < 4.78 is 29.8. The number of nitrogens with zero attached hydrogens (tertiary/aromatic N) is 2. The first kappa shape index (κ1) is 13.1. The van der Waals surface area contributed by atoms with E-state index in [0.717, 1.165) is 17.1 Å². The summed E-state index contributed by atoms with van der Waals surface area (Å²) in [5.41, 5.74) is 0. The molecule has 6 nitrogen and oxygen atoms in total. The highest BCUT2D eigenvalue weighted by atomic mass is 32.2. The average Bonchev–Trinajstić information content (AvgIpc) is 2.99. The molecule has 1 amide bonds. The number of furan rings is 1. The molecule has 1 aromatic heterocycles. The fourth-order valence-corrected chi connectivity index (χ4v) is 2.62. The van der Waals surface area contributed by atoms with Gasteiger partial charge in [-0.15, -0.1) is 0 Å². The first-order valence-corrected chi connectivity index (χ1v) is 7.18. The van der Waals surface area contributed by atoms with E-state index in [1.807, 2.05) is 0 Å². The van der Waals surface area contributed by atoms with Gasteiger partial charge in [-0.1, -0.05) is 0 Å². The summed E-state index contributed by atoms with van der Waals surface area (Å²) in [6.45, 7) is 1.41. The number of likely N-dealkylation sites (tertiary alicyclic amines) is 1. The molecule has 2 rings (SSSR count). The van der Waals surface area contributed by atoms with E-state index in [0.29, 0.717) is 13.1 Å².